The number of hydrogen-bond acceptors (Lipinski definition) is 5. The Bertz CT molecular complexity index is 1250. The van der Waals surface area contributed by atoms with Gasteiger partial charge in [0.05, 0.1) is 15.1 Å². The van der Waals surface area contributed by atoms with E-state index < -0.39 is 10.0 Å². The van der Waals surface area contributed by atoms with Crippen molar-refractivity contribution in [1.82, 2.24) is 9.29 Å². The normalized spacial score (nSPS) is 16.7. The van der Waals surface area contributed by atoms with Gasteiger partial charge in [-0.1, -0.05) is 30.4 Å². The third-order valence-electron chi connectivity index (χ3n) is 6.29. The van der Waals surface area contributed by atoms with Gasteiger partial charge in [-0.2, -0.15) is 0 Å². The molecule has 1 fully saturated rings. The highest BCUT2D eigenvalue weighted by Crippen LogP contribution is 2.27. The van der Waals surface area contributed by atoms with Crippen molar-refractivity contribution in [2.45, 2.75) is 57.5 Å². The molecule has 0 amide bonds. The van der Waals surface area contributed by atoms with E-state index in [1.54, 1.807) is 22.8 Å². The molecule has 1 aromatic heterocycles. The van der Waals surface area contributed by atoms with Crippen LogP contribution in [-0.2, 0) is 10.0 Å². The van der Waals surface area contributed by atoms with E-state index in [0.29, 0.717) is 4.70 Å². The predicted molar refractivity (Wildman–Crippen MR) is 132 cm³/mol. The standard InChI is InChI=1S/C24H31N3O3S2/c1-16(2)27-22-10-9-21(15-23(22)31-24(27)28)32(29,30)25-18(4)19-5-7-20(8-6-19)26-13-11-17(3)12-14-26/h5-10,15-18,25H,11-14H2,1-4H3/t18-/m0/s1. The summed E-state index contributed by atoms with van der Waals surface area (Å²) in [5.74, 6) is 0.782. The van der Waals surface area contributed by atoms with Crippen molar-refractivity contribution in [2.24, 2.45) is 5.92 Å². The lowest BCUT2D eigenvalue weighted by Gasteiger charge is -2.32. The van der Waals surface area contributed by atoms with Gasteiger partial charge in [-0.15, -0.1) is 0 Å². The minimum atomic E-state index is -3.72. The molecule has 1 aliphatic heterocycles. The van der Waals surface area contributed by atoms with Crippen LogP contribution in [0.5, 0.6) is 0 Å². The third-order valence-corrected chi connectivity index (χ3v) is 8.74. The summed E-state index contributed by atoms with van der Waals surface area (Å²) in [6.45, 7) is 10.2. The molecule has 3 aromatic rings. The fourth-order valence-electron chi connectivity index (χ4n) is 4.28. The summed E-state index contributed by atoms with van der Waals surface area (Å²) in [6, 6.07) is 12.7. The van der Waals surface area contributed by atoms with Gasteiger partial charge in [-0.25, -0.2) is 13.1 Å². The number of thiazole rings is 1. The molecule has 2 heterocycles. The Kier molecular flexibility index (Phi) is 6.47. The predicted octanol–water partition coefficient (Wildman–Crippen LogP) is 4.92. The molecule has 1 atom stereocenters. The number of piperidine rings is 1. The Balaban J connectivity index is 1.51. The van der Waals surface area contributed by atoms with Gasteiger partial charge < -0.3 is 4.90 Å². The average Bonchev–Trinajstić information content (AvgIpc) is 3.09. The lowest BCUT2D eigenvalue weighted by molar-refractivity contribution is 0.438. The number of fused-ring (bicyclic) bond motifs is 1. The first-order chi connectivity index (χ1) is 15.2. The van der Waals surface area contributed by atoms with Gasteiger partial charge in [0, 0.05) is 30.9 Å². The van der Waals surface area contributed by atoms with Crippen LogP contribution in [0.3, 0.4) is 0 Å². The second kappa shape index (κ2) is 9.00. The lowest BCUT2D eigenvalue weighted by atomic mass is 9.98. The number of rotatable bonds is 6. The molecule has 0 unspecified atom stereocenters. The summed E-state index contributed by atoms with van der Waals surface area (Å²) in [5.41, 5.74) is 2.87. The maximum absolute atomic E-state index is 13.0. The molecule has 1 N–H and O–H groups in total. The topological polar surface area (TPSA) is 71.4 Å². The van der Waals surface area contributed by atoms with Crippen molar-refractivity contribution in [3.63, 3.8) is 0 Å². The SMILES string of the molecule is CC1CCN(c2ccc([C@H](C)NS(=O)(=O)c3ccc4c(c3)sc(=O)n4C(C)C)cc2)CC1. The molecule has 1 aliphatic rings. The van der Waals surface area contributed by atoms with Crippen LogP contribution in [0.2, 0.25) is 0 Å². The van der Waals surface area contributed by atoms with Crippen LogP contribution >= 0.6 is 11.3 Å². The van der Waals surface area contributed by atoms with Gasteiger partial charge in [-0.05, 0) is 75.4 Å². The molecule has 6 nitrogen and oxygen atoms in total. The molecule has 0 bridgehead atoms. The third kappa shape index (κ3) is 4.63. The largest absolute Gasteiger partial charge is 0.372 e. The molecular weight excluding hydrogens is 442 g/mol. The van der Waals surface area contributed by atoms with E-state index in [1.807, 2.05) is 32.9 Å². The van der Waals surface area contributed by atoms with Crippen molar-refractivity contribution in [3.05, 3.63) is 57.7 Å². The Morgan fingerprint density at radius 2 is 1.69 bits per heavy atom. The van der Waals surface area contributed by atoms with Crippen molar-refractivity contribution < 1.29 is 8.42 Å². The Morgan fingerprint density at radius 3 is 2.31 bits per heavy atom. The van der Waals surface area contributed by atoms with Crippen LogP contribution < -0.4 is 14.5 Å². The van der Waals surface area contributed by atoms with Gasteiger partial charge in [0.1, 0.15) is 0 Å². The van der Waals surface area contributed by atoms with E-state index >= 15 is 0 Å². The summed E-state index contributed by atoms with van der Waals surface area (Å²) in [7, 11) is -3.72. The van der Waals surface area contributed by atoms with E-state index in [2.05, 4.69) is 28.7 Å². The molecule has 0 saturated carbocycles. The van der Waals surface area contributed by atoms with Crippen molar-refractivity contribution >= 4 is 37.3 Å². The molecule has 8 heteroatoms. The Hall–Kier alpha value is -2.16. The molecule has 32 heavy (non-hydrogen) atoms. The number of sulfonamides is 1. The lowest BCUT2D eigenvalue weighted by Crippen LogP contribution is -2.32. The van der Waals surface area contributed by atoms with Crippen LogP contribution in [-0.4, -0.2) is 26.1 Å². The van der Waals surface area contributed by atoms with Crippen LogP contribution in [0.25, 0.3) is 10.2 Å². The minimum absolute atomic E-state index is 0.0214. The van der Waals surface area contributed by atoms with E-state index in [1.165, 1.54) is 18.5 Å². The Morgan fingerprint density at radius 1 is 1.03 bits per heavy atom. The molecular formula is C24H31N3O3S2. The molecule has 2 aromatic carbocycles. The van der Waals surface area contributed by atoms with Crippen molar-refractivity contribution in [2.75, 3.05) is 18.0 Å². The van der Waals surface area contributed by atoms with Crippen molar-refractivity contribution in [1.29, 1.82) is 0 Å². The molecule has 4 rings (SSSR count). The summed E-state index contributed by atoms with van der Waals surface area (Å²) < 4.78 is 31.2. The fourth-order valence-corrected chi connectivity index (χ4v) is 6.67. The maximum Gasteiger partial charge on any atom is 0.308 e. The molecule has 0 radical (unpaired) electrons. The quantitative estimate of drug-likeness (QED) is 0.552. The summed E-state index contributed by atoms with van der Waals surface area (Å²) >= 11 is 1.08. The fraction of sp³-hybridized carbons (Fsp3) is 0.458. The van der Waals surface area contributed by atoms with Crippen LogP contribution in [0.1, 0.15) is 58.2 Å². The average molecular weight is 474 g/mol. The molecule has 172 valence electrons. The summed E-state index contributed by atoms with van der Waals surface area (Å²) in [4.78, 5) is 14.8. The zero-order chi connectivity index (χ0) is 23.0. The number of aromatic nitrogens is 1. The first-order valence-corrected chi connectivity index (χ1v) is 13.5. The zero-order valence-electron chi connectivity index (χ0n) is 19.0. The first-order valence-electron chi connectivity index (χ1n) is 11.2. The maximum atomic E-state index is 13.0. The number of anilines is 1. The van der Waals surface area contributed by atoms with E-state index in [9.17, 15) is 13.2 Å². The van der Waals surface area contributed by atoms with Crippen LogP contribution in [0.4, 0.5) is 5.69 Å². The highest BCUT2D eigenvalue weighted by atomic mass is 32.2. The van der Waals surface area contributed by atoms with Gasteiger partial charge in [0.2, 0.25) is 10.0 Å². The van der Waals surface area contributed by atoms with Gasteiger partial charge in [-0.3, -0.25) is 9.36 Å². The molecule has 0 aliphatic carbocycles. The molecule has 0 spiro atoms. The van der Waals surface area contributed by atoms with Crippen LogP contribution in [0, 0.1) is 5.92 Å². The highest BCUT2D eigenvalue weighted by molar-refractivity contribution is 7.89. The zero-order valence-corrected chi connectivity index (χ0v) is 20.7. The smallest absolute Gasteiger partial charge is 0.308 e. The molecule has 1 saturated heterocycles. The van der Waals surface area contributed by atoms with Gasteiger partial charge in [0.25, 0.3) is 0 Å². The van der Waals surface area contributed by atoms with Gasteiger partial charge in [0.15, 0.2) is 0 Å². The Labute approximate surface area is 193 Å². The summed E-state index contributed by atoms with van der Waals surface area (Å²) in [5, 5.41) is 0. The van der Waals surface area contributed by atoms with Crippen LogP contribution in [0.15, 0.2) is 52.2 Å². The first kappa shape index (κ1) is 23.0. The number of benzene rings is 2. The number of nitrogens with one attached hydrogen (secondary N) is 1. The number of nitrogens with zero attached hydrogens (tertiary/aromatic N) is 2. The van der Waals surface area contributed by atoms with E-state index in [0.717, 1.165) is 41.4 Å². The van der Waals surface area contributed by atoms with E-state index in [-0.39, 0.29) is 21.9 Å². The second-order valence-electron chi connectivity index (χ2n) is 9.07. The van der Waals surface area contributed by atoms with E-state index in [4.69, 9.17) is 0 Å². The second-order valence-corrected chi connectivity index (χ2v) is 11.8. The van der Waals surface area contributed by atoms with Gasteiger partial charge >= 0.3 is 4.87 Å². The minimum Gasteiger partial charge on any atom is -0.372 e. The van der Waals surface area contributed by atoms with Crippen molar-refractivity contribution in [3.8, 4) is 0 Å². The monoisotopic (exact) mass is 473 g/mol. The summed E-state index contributed by atoms with van der Waals surface area (Å²) in [6.07, 6.45) is 2.41. The number of hydrogen-bond donors (Lipinski definition) is 1. The highest BCUT2D eigenvalue weighted by Gasteiger charge is 2.21.